The number of aromatic nitrogens is 4. The molecule has 0 fully saturated rings. The molecule has 2 aromatic rings. The molecule has 0 unspecified atom stereocenters. The Morgan fingerprint density at radius 3 is 2.88 bits per heavy atom. The first kappa shape index (κ1) is 9.47. The molecule has 2 aromatic heterocycles. The summed E-state index contributed by atoms with van der Waals surface area (Å²) in [6.45, 7) is 4.72. The van der Waals surface area contributed by atoms with Crippen LogP contribution in [-0.4, -0.2) is 26.3 Å². The number of aryl methyl sites for hydroxylation is 1. The molecule has 82 valence electrons. The number of nitrogens with one attached hydrogen (secondary N) is 1. The molecule has 5 heteroatoms. The third-order valence-electron chi connectivity index (χ3n) is 2.76. The van der Waals surface area contributed by atoms with Gasteiger partial charge in [-0.05, 0) is 12.5 Å². The maximum Gasteiger partial charge on any atom is 0.162 e. The van der Waals surface area contributed by atoms with Crippen molar-refractivity contribution in [3.05, 3.63) is 29.8 Å². The average Bonchev–Trinajstić information content (AvgIpc) is 2.74. The Morgan fingerprint density at radius 1 is 1.25 bits per heavy atom. The van der Waals surface area contributed by atoms with Gasteiger partial charge in [-0.3, -0.25) is 4.68 Å². The van der Waals surface area contributed by atoms with Gasteiger partial charge in [0.15, 0.2) is 5.82 Å². The molecular weight excluding hydrogens is 202 g/mol. The zero-order valence-electron chi connectivity index (χ0n) is 9.14. The average molecular weight is 215 g/mol. The van der Waals surface area contributed by atoms with E-state index in [2.05, 4.69) is 20.4 Å². The fourth-order valence-corrected chi connectivity index (χ4v) is 1.90. The van der Waals surface area contributed by atoms with Crippen LogP contribution < -0.4 is 5.32 Å². The van der Waals surface area contributed by atoms with E-state index >= 15 is 0 Å². The van der Waals surface area contributed by atoms with E-state index < -0.39 is 0 Å². The maximum absolute atomic E-state index is 4.35. The monoisotopic (exact) mass is 215 g/mol. The Kier molecular flexibility index (Phi) is 2.18. The number of nitrogens with zero attached hydrogens (tertiary/aromatic N) is 4. The van der Waals surface area contributed by atoms with Crippen LogP contribution in [-0.2, 0) is 13.1 Å². The maximum atomic E-state index is 4.35. The molecule has 0 spiro atoms. The molecule has 0 atom stereocenters. The molecule has 3 heterocycles. The lowest BCUT2D eigenvalue weighted by atomic mass is 10.2. The summed E-state index contributed by atoms with van der Waals surface area (Å²) in [5, 5.41) is 7.68. The molecule has 16 heavy (non-hydrogen) atoms. The Labute approximate surface area is 93.5 Å². The summed E-state index contributed by atoms with van der Waals surface area (Å²) in [7, 11) is 0. The minimum atomic E-state index is 0.760. The van der Waals surface area contributed by atoms with E-state index in [1.165, 1.54) is 5.69 Å². The molecule has 1 N–H and O–H groups in total. The van der Waals surface area contributed by atoms with Gasteiger partial charge < -0.3 is 5.32 Å². The van der Waals surface area contributed by atoms with Gasteiger partial charge in [0, 0.05) is 25.5 Å². The molecule has 0 saturated carbocycles. The first-order valence-corrected chi connectivity index (χ1v) is 5.39. The quantitative estimate of drug-likeness (QED) is 0.762. The molecule has 0 aromatic carbocycles. The molecule has 0 aliphatic carbocycles. The molecule has 5 nitrogen and oxygen atoms in total. The summed E-state index contributed by atoms with van der Waals surface area (Å²) < 4.78 is 2.02. The van der Waals surface area contributed by atoms with Crippen LogP contribution in [0.1, 0.15) is 11.3 Å². The number of fused-ring (bicyclic) bond motifs is 1. The predicted molar refractivity (Wildman–Crippen MR) is 59.7 cm³/mol. The van der Waals surface area contributed by atoms with Crippen molar-refractivity contribution < 1.29 is 0 Å². The van der Waals surface area contributed by atoms with Crippen molar-refractivity contribution in [1.82, 2.24) is 25.1 Å². The summed E-state index contributed by atoms with van der Waals surface area (Å²) in [6.07, 6.45) is 5.53. The van der Waals surface area contributed by atoms with Gasteiger partial charge in [0.1, 0.15) is 0 Å². The van der Waals surface area contributed by atoms with Gasteiger partial charge in [-0.2, -0.15) is 5.10 Å². The lowest BCUT2D eigenvalue weighted by Gasteiger charge is -2.15. The molecule has 1 aliphatic rings. The van der Waals surface area contributed by atoms with Crippen LogP contribution in [0.5, 0.6) is 0 Å². The second-order valence-corrected chi connectivity index (χ2v) is 3.99. The summed E-state index contributed by atoms with van der Waals surface area (Å²) in [6, 6.07) is 0. The van der Waals surface area contributed by atoms with E-state index in [-0.39, 0.29) is 0 Å². The number of rotatable bonds is 1. The van der Waals surface area contributed by atoms with Crippen molar-refractivity contribution in [2.24, 2.45) is 0 Å². The van der Waals surface area contributed by atoms with Crippen molar-refractivity contribution in [2.75, 3.05) is 6.54 Å². The van der Waals surface area contributed by atoms with E-state index in [9.17, 15) is 0 Å². The van der Waals surface area contributed by atoms with Gasteiger partial charge in [-0.1, -0.05) is 0 Å². The zero-order valence-corrected chi connectivity index (χ0v) is 9.14. The van der Waals surface area contributed by atoms with Crippen molar-refractivity contribution in [3.8, 4) is 11.4 Å². The Hall–Kier alpha value is -1.75. The predicted octanol–water partition coefficient (Wildman–Crippen LogP) is 0.752. The summed E-state index contributed by atoms with van der Waals surface area (Å²) in [5.41, 5.74) is 3.28. The summed E-state index contributed by atoms with van der Waals surface area (Å²) in [4.78, 5) is 8.67. The third kappa shape index (κ3) is 1.49. The van der Waals surface area contributed by atoms with Gasteiger partial charge >= 0.3 is 0 Å². The van der Waals surface area contributed by atoms with Crippen LogP contribution in [0.4, 0.5) is 0 Å². The molecule has 0 amide bonds. The van der Waals surface area contributed by atoms with Gasteiger partial charge in [0.05, 0.1) is 24.0 Å². The van der Waals surface area contributed by atoms with Crippen LogP contribution in [0.2, 0.25) is 0 Å². The second-order valence-electron chi connectivity index (χ2n) is 3.99. The van der Waals surface area contributed by atoms with Crippen molar-refractivity contribution in [3.63, 3.8) is 0 Å². The highest BCUT2D eigenvalue weighted by molar-refractivity contribution is 5.57. The molecule has 1 aliphatic heterocycles. The topological polar surface area (TPSA) is 55.6 Å². The minimum Gasteiger partial charge on any atom is -0.309 e. The Morgan fingerprint density at radius 2 is 2.06 bits per heavy atom. The van der Waals surface area contributed by atoms with Crippen molar-refractivity contribution in [2.45, 2.75) is 20.0 Å². The summed E-state index contributed by atoms with van der Waals surface area (Å²) in [5.74, 6) is 0.760. The SMILES string of the molecule is Cc1cnc(-c2cnn3c2CNCC3)nc1. The van der Waals surface area contributed by atoms with Crippen LogP contribution in [0.15, 0.2) is 18.6 Å². The Bertz CT molecular complexity index is 500. The van der Waals surface area contributed by atoms with E-state index in [0.29, 0.717) is 0 Å². The molecule has 0 saturated heterocycles. The van der Waals surface area contributed by atoms with Crippen LogP contribution in [0.25, 0.3) is 11.4 Å². The third-order valence-corrected chi connectivity index (χ3v) is 2.76. The van der Waals surface area contributed by atoms with Gasteiger partial charge in [-0.15, -0.1) is 0 Å². The number of hydrogen-bond donors (Lipinski definition) is 1. The molecule has 3 rings (SSSR count). The normalized spacial score (nSPS) is 14.8. The van der Waals surface area contributed by atoms with E-state index in [1.807, 2.05) is 30.2 Å². The standard InChI is InChI=1S/C11H13N5/c1-8-4-13-11(14-5-8)9-6-15-16-3-2-12-7-10(9)16/h4-6,12H,2-3,7H2,1H3. The lowest BCUT2D eigenvalue weighted by molar-refractivity contribution is 0.476. The van der Waals surface area contributed by atoms with Gasteiger partial charge in [0.25, 0.3) is 0 Å². The molecule has 0 bridgehead atoms. The largest absolute Gasteiger partial charge is 0.309 e. The highest BCUT2D eigenvalue weighted by Gasteiger charge is 2.16. The van der Waals surface area contributed by atoms with Crippen molar-refractivity contribution >= 4 is 0 Å². The van der Waals surface area contributed by atoms with E-state index in [4.69, 9.17) is 0 Å². The van der Waals surface area contributed by atoms with Crippen LogP contribution >= 0.6 is 0 Å². The number of hydrogen-bond acceptors (Lipinski definition) is 4. The lowest BCUT2D eigenvalue weighted by Crippen LogP contribution is -2.28. The second kappa shape index (κ2) is 3.68. The van der Waals surface area contributed by atoms with E-state index in [1.54, 1.807) is 0 Å². The fourth-order valence-electron chi connectivity index (χ4n) is 1.90. The smallest absolute Gasteiger partial charge is 0.162 e. The Balaban J connectivity index is 2.06. The summed E-state index contributed by atoms with van der Waals surface area (Å²) >= 11 is 0. The zero-order chi connectivity index (χ0) is 11.0. The molecular formula is C11H13N5. The van der Waals surface area contributed by atoms with Crippen LogP contribution in [0.3, 0.4) is 0 Å². The first-order valence-electron chi connectivity index (χ1n) is 5.39. The first-order chi connectivity index (χ1) is 7.84. The molecule has 0 radical (unpaired) electrons. The van der Waals surface area contributed by atoms with Crippen LogP contribution in [0, 0.1) is 6.92 Å². The fraction of sp³-hybridized carbons (Fsp3) is 0.364. The highest BCUT2D eigenvalue weighted by Crippen LogP contribution is 2.20. The van der Waals surface area contributed by atoms with Gasteiger partial charge in [-0.25, -0.2) is 9.97 Å². The van der Waals surface area contributed by atoms with Gasteiger partial charge in [0.2, 0.25) is 0 Å². The highest BCUT2D eigenvalue weighted by atomic mass is 15.3. The van der Waals surface area contributed by atoms with Crippen molar-refractivity contribution in [1.29, 1.82) is 0 Å². The van der Waals surface area contributed by atoms with E-state index in [0.717, 1.165) is 36.6 Å². The minimum absolute atomic E-state index is 0.760.